The molecule has 0 saturated carbocycles. The van der Waals surface area contributed by atoms with Crippen LogP contribution >= 0.6 is 0 Å². The molecular formula is C20H19F3N6O3S. The smallest absolute Gasteiger partial charge is 0.387 e. The van der Waals surface area contributed by atoms with Gasteiger partial charge in [0.05, 0.1) is 17.7 Å². The minimum absolute atomic E-state index is 0.0786. The summed E-state index contributed by atoms with van der Waals surface area (Å²) in [5.74, 6) is -2.18. The monoisotopic (exact) mass is 480 g/mol. The van der Waals surface area contributed by atoms with Gasteiger partial charge in [-0.1, -0.05) is 18.2 Å². The third-order valence-electron chi connectivity index (χ3n) is 5.19. The highest BCUT2D eigenvalue weighted by Crippen LogP contribution is 2.36. The molecule has 0 radical (unpaired) electrons. The molecule has 1 heterocycles. The molecule has 2 N–H and O–H groups in total. The topological polar surface area (TPSA) is 134 Å². The van der Waals surface area contributed by atoms with E-state index in [0.29, 0.717) is 5.56 Å². The predicted molar refractivity (Wildman–Crippen MR) is 109 cm³/mol. The lowest BCUT2D eigenvalue weighted by Gasteiger charge is -2.25. The Bertz CT molecular complexity index is 1290. The van der Waals surface area contributed by atoms with Crippen molar-refractivity contribution in [3.05, 3.63) is 64.2 Å². The van der Waals surface area contributed by atoms with Crippen molar-refractivity contribution in [1.82, 2.24) is 25.3 Å². The molecule has 3 aromatic rings. The molecule has 0 spiro atoms. The first-order valence-electron chi connectivity index (χ1n) is 9.55. The lowest BCUT2D eigenvalue weighted by atomic mass is 9.88. The number of aromatic amines is 1. The quantitative estimate of drug-likeness (QED) is 0.505. The number of H-pyrrole nitrogens is 1. The molecule has 0 aliphatic heterocycles. The van der Waals surface area contributed by atoms with Crippen LogP contribution in [0.15, 0.2) is 35.2 Å². The van der Waals surface area contributed by atoms with Crippen LogP contribution in [0.1, 0.15) is 47.0 Å². The third kappa shape index (κ3) is 5.12. The minimum Gasteiger partial charge on any atom is -0.433 e. The molecule has 33 heavy (non-hydrogen) atoms. The molecule has 0 amide bonds. The fraction of sp³-hybridized carbons (Fsp3) is 0.300. The average Bonchev–Trinajstić information content (AvgIpc) is 3.29. The van der Waals surface area contributed by atoms with E-state index in [4.69, 9.17) is 5.26 Å². The van der Waals surface area contributed by atoms with Crippen molar-refractivity contribution in [1.29, 1.82) is 5.26 Å². The van der Waals surface area contributed by atoms with Crippen molar-refractivity contribution in [3.63, 3.8) is 0 Å². The molecule has 0 saturated heterocycles. The number of benzene rings is 2. The summed E-state index contributed by atoms with van der Waals surface area (Å²) in [6.45, 7) is 1.72. The van der Waals surface area contributed by atoms with E-state index in [2.05, 4.69) is 30.1 Å². The van der Waals surface area contributed by atoms with E-state index in [1.54, 1.807) is 32.9 Å². The summed E-state index contributed by atoms with van der Waals surface area (Å²) in [6.07, 6.45) is 0. The highest BCUT2D eigenvalue weighted by Gasteiger charge is 2.34. The van der Waals surface area contributed by atoms with E-state index in [1.807, 2.05) is 0 Å². The molecule has 0 aliphatic carbocycles. The number of nitrogens with zero attached hydrogens (tertiary/aromatic N) is 4. The molecule has 174 valence electrons. The maximum absolute atomic E-state index is 14.8. The normalized spacial score (nSPS) is 13.5. The second kappa shape index (κ2) is 9.55. The first kappa shape index (κ1) is 24.1. The van der Waals surface area contributed by atoms with Gasteiger partial charge in [0.25, 0.3) is 0 Å². The van der Waals surface area contributed by atoms with Gasteiger partial charge in [0, 0.05) is 5.92 Å². The van der Waals surface area contributed by atoms with E-state index < -0.39 is 45.1 Å². The predicted octanol–water partition coefficient (Wildman–Crippen LogP) is 3.25. The Morgan fingerprint density at radius 2 is 1.94 bits per heavy atom. The van der Waals surface area contributed by atoms with Crippen LogP contribution in [0.2, 0.25) is 0 Å². The number of aromatic nitrogens is 4. The van der Waals surface area contributed by atoms with Gasteiger partial charge in [-0.3, -0.25) is 0 Å². The van der Waals surface area contributed by atoms with Gasteiger partial charge in [0.15, 0.2) is 5.82 Å². The van der Waals surface area contributed by atoms with Crippen molar-refractivity contribution in [2.24, 2.45) is 0 Å². The SMILES string of the molecule is Cc1ccc(F)c([C@@H](C)[C@H](NS(=O)(=O)c2ccc(C#N)cc2OC(F)F)c2nn[nH]n2)c1C. The molecule has 13 heteroatoms. The van der Waals surface area contributed by atoms with Gasteiger partial charge in [-0.05, 0) is 54.8 Å². The summed E-state index contributed by atoms with van der Waals surface area (Å²) in [5.41, 5.74) is 1.55. The Kier molecular flexibility index (Phi) is 6.99. The zero-order valence-electron chi connectivity index (χ0n) is 17.7. The second-order valence-electron chi connectivity index (χ2n) is 7.21. The van der Waals surface area contributed by atoms with Crippen molar-refractivity contribution >= 4 is 10.0 Å². The molecule has 0 aliphatic rings. The van der Waals surface area contributed by atoms with Gasteiger partial charge in [0.2, 0.25) is 10.0 Å². The van der Waals surface area contributed by atoms with E-state index in [0.717, 1.165) is 23.8 Å². The number of aryl methyl sites for hydroxylation is 1. The fourth-order valence-corrected chi connectivity index (χ4v) is 4.82. The summed E-state index contributed by atoms with van der Waals surface area (Å²) < 4.78 is 73.6. The largest absolute Gasteiger partial charge is 0.433 e. The third-order valence-corrected chi connectivity index (χ3v) is 6.67. The van der Waals surface area contributed by atoms with Gasteiger partial charge in [-0.15, -0.1) is 10.2 Å². The van der Waals surface area contributed by atoms with Crippen LogP contribution < -0.4 is 9.46 Å². The highest BCUT2D eigenvalue weighted by atomic mass is 32.2. The molecule has 2 aromatic carbocycles. The Morgan fingerprint density at radius 3 is 2.55 bits per heavy atom. The number of alkyl halides is 2. The van der Waals surface area contributed by atoms with Crippen LogP contribution in [0.5, 0.6) is 5.75 Å². The molecule has 3 rings (SSSR count). The number of tetrazole rings is 1. The second-order valence-corrected chi connectivity index (χ2v) is 8.89. The molecule has 0 unspecified atom stereocenters. The van der Waals surface area contributed by atoms with E-state index in [1.165, 1.54) is 6.07 Å². The number of rotatable bonds is 8. The molecule has 2 atom stereocenters. The lowest BCUT2D eigenvalue weighted by molar-refractivity contribution is -0.0517. The van der Waals surface area contributed by atoms with Gasteiger partial charge in [-0.2, -0.15) is 24.0 Å². The van der Waals surface area contributed by atoms with Crippen LogP contribution in [0, 0.1) is 31.0 Å². The molecule has 0 fully saturated rings. The Balaban J connectivity index is 2.09. The van der Waals surface area contributed by atoms with Crippen molar-refractivity contribution < 1.29 is 26.3 Å². The lowest BCUT2D eigenvalue weighted by Crippen LogP contribution is -2.33. The summed E-state index contributed by atoms with van der Waals surface area (Å²) in [7, 11) is -4.54. The van der Waals surface area contributed by atoms with Crippen LogP contribution in [-0.4, -0.2) is 35.7 Å². The number of nitrogens with one attached hydrogen (secondary N) is 2. The maximum atomic E-state index is 14.8. The minimum atomic E-state index is -4.54. The van der Waals surface area contributed by atoms with Crippen LogP contribution in [0.3, 0.4) is 0 Å². The first-order chi connectivity index (χ1) is 15.5. The maximum Gasteiger partial charge on any atom is 0.387 e. The van der Waals surface area contributed by atoms with Crippen molar-refractivity contribution in [3.8, 4) is 11.8 Å². The standard InChI is InChI=1S/C20H19F3N6O3S/c1-10-4-6-14(21)17(11(10)2)12(3)18(19-25-28-29-26-19)27-33(30,31)16-7-5-13(9-24)8-15(16)32-20(22)23/h4-8,12,18,20,27H,1-3H3,(H,25,26,28,29)/t12-,18+/m1/s1. The highest BCUT2D eigenvalue weighted by molar-refractivity contribution is 7.89. The van der Waals surface area contributed by atoms with Gasteiger partial charge >= 0.3 is 6.61 Å². The summed E-state index contributed by atoms with van der Waals surface area (Å²) in [6, 6.07) is 6.36. The van der Waals surface area contributed by atoms with Crippen LogP contribution in [0.4, 0.5) is 13.2 Å². The average molecular weight is 480 g/mol. The summed E-state index contributed by atoms with van der Waals surface area (Å²) >= 11 is 0. The molecule has 9 nitrogen and oxygen atoms in total. The fourth-order valence-electron chi connectivity index (χ4n) is 3.43. The number of nitriles is 1. The zero-order chi connectivity index (χ0) is 24.3. The van der Waals surface area contributed by atoms with Gasteiger partial charge in [0.1, 0.15) is 16.5 Å². The molecule has 0 bridgehead atoms. The Labute approximate surface area is 187 Å². The van der Waals surface area contributed by atoms with Crippen molar-refractivity contribution in [2.75, 3.05) is 0 Å². The number of ether oxygens (including phenoxy) is 1. The van der Waals surface area contributed by atoms with Gasteiger partial charge < -0.3 is 4.74 Å². The van der Waals surface area contributed by atoms with Crippen LogP contribution in [0.25, 0.3) is 0 Å². The molecular weight excluding hydrogens is 461 g/mol. The number of sulfonamides is 1. The number of hydrogen-bond donors (Lipinski definition) is 2. The van der Waals surface area contributed by atoms with Gasteiger partial charge in [-0.25, -0.2) is 12.8 Å². The Morgan fingerprint density at radius 1 is 1.21 bits per heavy atom. The van der Waals surface area contributed by atoms with Crippen molar-refractivity contribution in [2.45, 2.75) is 44.2 Å². The Hall–Kier alpha value is -3.50. The number of hydrogen-bond acceptors (Lipinski definition) is 7. The summed E-state index contributed by atoms with van der Waals surface area (Å²) in [4.78, 5) is -0.635. The van der Waals surface area contributed by atoms with E-state index >= 15 is 0 Å². The summed E-state index contributed by atoms with van der Waals surface area (Å²) in [5, 5.41) is 22.3. The molecule has 1 aromatic heterocycles. The van der Waals surface area contributed by atoms with E-state index in [9.17, 15) is 21.6 Å². The van der Waals surface area contributed by atoms with Crippen LogP contribution in [-0.2, 0) is 10.0 Å². The number of halogens is 3. The first-order valence-corrected chi connectivity index (χ1v) is 11.0. The van der Waals surface area contributed by atoms with E-state index in [-0.39, 0.29) is 17.0 Å². The zero-order valence-corrected chi connectivity index (χ0v) is 18.5.